The number of hydrogen-bond donors (Lipinski definition) is 1. The Morgan fingerprint density at radius 3 is 2.86 bits per heavy atom. The van der Waals surface area contributed by atoms with Gasteiger partial charge >= 0.3 is 0 Å². The highest BCUT2D eigenvalue weighted by atomic mass is 35.5. The van der Waals surface area contributed by atoms with Crippen LogP contribution in [0.25, 0.3) is 10.2 Å². The van der Waals surface area contributed by atoms with Gasteiger partial charge in [0, 0.05) is 17.5 Å². The Morgan fingerprint density at radius 2 is 2.10 bits per heavy atom. The van der Waals surface area contributed by atoms with Crippen LogP contribution in [-0.2, 0) is 0 Å². The summed E-state index contributed by atoms with van der Waals surface area (Å²) >= 11 is 7.70. The average Bonchev–Trinajstić information content (AvgIpc) is 2.80. The normalized spacial score (nSPS) is 18.0. The maximum Gasteiger partial charge on any atom is 0.225 e. The van der Waals surface area contributed by atoms with Crippen LogP contribution in [0.15, 0.2) is 6.07 Å². The standard InChI is InChI=1S/C15H21ClN4S/c1-10(9-20-6-4-3-5-7-20)17-13-12-8-11(2)21-14(12)19-15(16)18-13/h8,10H,3-7,9H2,1-2H3,(H,17,18,19). The van der Waals surface area contributed by atoms with Crippen molar-refractivity contribution >= 4 is 39.0 Å². The monoisotopic (exact) mass is 324 g/mol. The number of anilines is 1. The van der Waals surface area contributed by atoms with E-state index in [1.807, 2.05) is 0 Å². The molecule has 0 aliphatic carbocycles. The Morgan fingerprint density at radius 1 is 1.33 bits per heavy atom. The summed E-state index contributed by atoms with van der Waals surface area (Å²) in [6.45, 7) is 7.76. The van der Waals surface area contributed by atoms with E-state index < -0.39 is 0 Å². The van der Waals surface area contributed by atoms with E-state index in [1.165, 1.54) is 37.2 Å². The molecule has 0 bridgehead atoms. The van der Waals surface area contributed by atoms with Crippen molar-refractivity contribution in [2.75, 3.05) is 25.0 Å². The van der Waals surface area contributed by atoms with E-state index in [0.29, 0.717) is 11.3 Å². The van der Waals surface area contributed by atoms with Crippen molar-refractivity contribution in [2.24, 2.45) is 0 Å². The van der Waals surface area contributed by atoms with Crippen molar-refractivity contribution in [1.82, 2.24) is 14.9 Å². The van der Waals surface area contributed by atoms with Crippen molar-refractivity contribution in [1.29, 1.82) is 0 Å². The lowest BCUT2D eigenvalue weighted by atomic mass is 10.1. The van der Waals surface area contributed by atoms with Crippen LogP contribution in [0.2, 0.25) is 5.28 Å². The molecule has 6 heteroatoms. The topological polar surface area (TPSA) is 41.0 Å². The SMILES string of the molecule is Cc1cc2c(NC(C)CN3CCCCC3)nc(Cl)nc2s1. The minimum Gasteiger partial charge on any atom is -0.366 e. The number of fused-ring (bicyclic) bond motifs is 1. The predicted molar refractivity (Wildman–Crippen MR) is 90.5 cm³/mol. The molecule has 1 N–H and O–H groups in total. The maximum atomic E-state index is 6.04. The molecule has 1 atom stereocenters. The van der Waals surface area contributed by atoms with Crippen molar-refractivity contribution in [3.05, 3.63) is 16.2 Å². The van der Waals surface area contributed by atoms with Gasteiger partial charge in [0.15, 0.2) is 0 Å². The summed E-state index contributed by atoms with van der Waals surface area (Å²) in [6, 6.07) is 2.48. The molecule has 3 heterocycles. The van der Waals surface area contributed by atoms with E-state index in [4.69, 9.17) is 11.6 Å². The van der Waals surface area contributed by atoms with Gasteiger partial charge in [-0.3, -0.25) is 0 Å². The van der Waals surface area contributed by atoms with Crippen LogP contribution in [0.1, 0.15) is 31.1 Å². The van der Waals surface area contributed by atoms with Gasteiger partial charge in [-0.1, -0.05) is 6.42 Å². The third kappa shape index (κ3) is 3.65. The van der Waals surface area contributed by atoms with Crippen LogP contribution < -0.4 is 5.32 Å². The lowest BCUT2D eigenvalue weighted by molar-refractivity contribution is 0.223. The van der Waals surface area contributed by atoms with Crippen molar-refractivity contribution < 1.29 is 0 Å². The molecule has 2 aromatic rings. The number of piperidine rings is 1. The molecule has 4 nitrogen and oxygen atoms in total. The second-order valence-corrected chi connectivity index (χ2v) is 7.40. The van der Waals surface area contributed by atoms with Crippen LogP contribution in [0.4, 0.5) is 5.82 Å². The van der Waals surface area contributed by atoms with Gasteiger partial charge in [0.2, 0.25) is 5.28 Å². The summed E-state index contributed by atoms with van der Waals surface area (Å²) in [6.07, 6.45) is 4.01. The summed E-state index contributed by atoms with van der Waals surface area (Å²) in [5.74, 6) is 0.860. The first-order valence-electron chi connectivity index (χ1n) is 7.54. The number of hydrogen-bond acceptors (Lipinski definition) is 5. The predicted octanol–water partition coefficient (Wildman–Crippen LogP) is 3.94. The number of aryl methyl sites for hydroxylation is 1. The average molecular weight is 325 g/mol. The van der Waals surface area contributed by atoms with Crippen LogP contribution in [0.3, 0.4) is 0 Å². The van der Waals surface area contributed by atoms with E-state index in [-0.39, 0.29) is 0 Å². The fourth-order valence-corrected chi connectivity index (χ4v) is 4.03. The summed E-state index contributed by atoms with van der Waals surface area (Å²) in [5, 5.41) is 4.91. The molecule has 1 saturated heterocycles. The van der Waals surface area contributed by atoms with Gasteiger partial charge in [-0.2, -0.15) is 0 Å². The van der Waals surface area contributed by atoms with Gasteiger partial charge in [-0.05, 0) is 57.4 Å². The maximum absolute atomic E-state index is 6.04. The summed E-state index contributed by atoms with van der Waals surface area (Å²) in [5.41, 5.74) is 0. The molecule has 2 aromatic heterocycles. The fourth-order valence-electron chi connectivity index (χ4n) is 2.93. The molecular weight excluding hydrogens is 304 g/mol. The Bertz CT molecular complexity index is 621. The van der Waals surface area contributed by atoms with Crippen LogP contribution in [0, 0.1) is 6.92 Å². The highest BCUT2D eigenvalue weighted by Gasteiger charge is 2.16. The first-order valence-corrected chi connectivity index (χ1v) is 8.74. The number of aromatic nitrogens is 2. The smallest absolute Gasteiger partial charge is 0.225 e. The molecule has 0 radical (unpaired) electrons. The van der Waals surface area contributed by atoms with E-state index >= 15 is 0 Å². The second kappa shape index (κ2) is 6.46. The molecule has 0 aromatic carbocycles. The Hall–Kier alpha value is -0.910. The van der Waals surface area contributed by atoms with Crippen molar-refractivity contribution in [2.45, 2.75) is 39.2 Å². The van der Waals surface area contributed by atoms with Gasteiger partial charge in [0.25, 0.3) is 0 Å². The number of likely N-dealkylation sites (tertiary alicyclic amines) is 1. The first-order chi connectivity index (χ1) is 10.1. The zero-order chi connectivity index (χ0) is 14.8. The van der Waals surface area contributed by atoms with E-state index in [0.717, 1.165) is 22.6 Å². The second-order valence-electron chi connectivity index (χ2n) is 5.82. The van der Waals surface area contributed by atoms with E-state index in [2.05, 4.69) is 40.1 Å². The zero-order valence-corrected chi connectivity index (χ0v) is 14.1. The van der Waals surface area contributed by atoms with Gasteiger partial charge in [-0.25, -0.2) is 9.97 Å². The third-order valence-corrected chi connectivity index (χ3v) is 4.97. The summed E-state index contributed by atoms with van der Waals surface area (Å²) in [4.78, 5) is 13.4. The van der Waals surface area contributed by atoms with Gasteiger partial charge < -0.3 is 10.2 Å². The molecule has 21 heavy (non-hydrogen) atoms. The Labute approximate surface area is 134 Å². The molecule has 1 aliphatic heterocycles. The number of thiophene rings is 1. The Balaban J connectivity index is 1.74. The summed E-state index contributed by atoms with van der Waals surface area (Å²) in [7, 11) is 0. The van der Waals surface area contributed by atoms with E-state index in [1.54, 1.807) is 11.3 Å². The van der Waals surface area contributed by atoms with Crippen molar-refractivity contribution in [3.8, 4) is 0 Å². The van der Waals surface area contributed by atoms with Gasteiger partial charge in [-0.15, -0.1) is 11.3 Å². The molecule has 1 fully saturated rings. The molecule has 0 amide bonds. The van der Waals surface area contributed by atoms with Crippen LogP contribution >= 0.6 is 22.9 Å². The molecule has 0 saturated carbocycles. The lowest BCUT2D eigenvalue weighted by Gasteiger charge is -2.29. The number of rotatable bonds is 4. The molecule has 114 valence electrons. The minimum atomic E-state index is 0.317. The first kappa shape index (κ1) is 15.0. The fraction of sp³-hybridized carbons (Fsp3) is 0.600. The Kier molecular flexibility index (Phi) is 4.62. The zero-order valence-electron chi connectivity index (χ0n) is 12.5. The van der Waals surface area contributed by atoms with Gasteiger partial charge in [0.1, 0.15) is 10.6 Å². The quantitative estimate of drug-likeness (QED) is 0.865. The molecule has 1 aliphatic rings. The van der Waals surface area contributed by atoms with Gasteiger partial charge in [0.05, 0.1) is 5.39 Å². The lowest BCUT2D eigenvalue weighted by Crippen LogP contribution is -2.38. The van der Waals surface area contributed by atoms with Crippen molar-refractivity contribution in [3.63, 3.8) is 0 Å². The van der Waals surface area contributed by atoms with Crippen LogP contribution in [0.5, 0.6) is 0 Å². The number of nitrogens with one attached hydrogen (secondary N) is 1. The number of halogens is 1. The molecular formula is C15H21ClN4S. The summed E-state index contributed by atoms with van der Waals surface area (Å²) < 4.78 is 0. The number of nitrogens with zero attached hydrogens (tertiary/aromatic N) is 3. The van der Waals surface area contributed by atoms with E-state index in [9.17, 15) is 0 Å². The molecule has 3 rings (SSSR count). The third-order valence-electron chi connectivity index (χ3n) is 3.85. The highest BCUT2D eigenvalue weighted by molar-refractivity contribution is 7.18. The molecule has 1 unspecified atom stereocenters. The highest BCUT2D eigenvalue weighted by Crippen LogP contribution is 2.29. The minimum absolute atomic E-state index is 0.317. The largest absolute Gasteiger partial charge is 0.366 e. The van der Waals surface area contributed by atoms with Crippen LogP contribution in [-0.4, -0.2) is 40.5 Å². The molecule has 0 spiro atoms.